The number of aryl methyl sites for hydroxylation is 1. The van der Waals surface area contributed by atoms with E-state index in [1.54, 1.807) is 4.72 Å². The number of rotatable bonds is 5. The molecule has 0 saturated carbocycles. The molecular formula is C14H12F2N2O3S. The molecule has 0 atom stereocenters. The number of halogens is 2. The first kappa shape index (κ1) is 16.0. The monoisotopic (exact) mass is 326 g/mol. The molecule has 2 aromatic rings. The van der Waals surface area contributed by atoms with Crippen LogP contribution in [0.15, 0.2) is 47.6 Å². The average Bonchev–Trinajstić information content (AvgIpc) is 2.46. The van der Waals surface area contributed by atoms with Crippen LogP contribution < -0.4 is 4.72 Å². The highest BCUT2D eigenvalue weighted by molar-refractivity contribution is 7.90. The highest BCUT2D eigenvalue weighted by atomic mass is 32.2. The molecule has 0 saturated heterocycles. The third kappa shape index (κ3) is 4.08. The molecule has 1 N–H and O–H groups in total. The zero-order chi connectivity index (χ0) is 16.2. The van der Waals surface area contributed by atoms with E-state index in [1.807, 2.05) is 0 Å². The molecular weight excluding hydrogens is 314 g/mol. The van der Waals surface area contributed by atoms with Crippen LogP contribution in [0, 0.1) is 11.6 Å². The summed E-state index contributed by atoms with van der Waals surface area (Å²) in [5.41, 5.74) is 0.679. The Morgan fingerprint density at radius 1 is 1.14 bits per heavy atom. The second-order valence-corrected chi connectivity index (χ2v) is 6.04. The largest absolute Gasteiger partial charge is 0.284 e. The maximum absolute atomic E-state index is 13.4. The zero-order valence-corrected chi connectivity index (χ0v) is 12.1. The molecule has 1 aromatic carbocycles. The standard InChI is InChI=1S/C14H12F2N2O3S/c15-11-6-3-10(4-7-11)5-8-13(19)18-22(20,21)14-12(16)2-1-9-17-14/h1-4,6-7,9H,5,8H2,(H,18,19). The normalized spacial score (nSPS) is 11.2. The van der Waals surface area contributed by atoms with E-state index < -0.39 is 32.6 Å². The topological polar surface area (TPSA) is 76.1 Å². The van der Waals surface area contributed by atoms with Gasteiger partial charge in [-0.25, -0.2) is 18.5 Å². The smallest absolute Gasteiger partial charge is 0.274 e. The Morgan fingerprint density at radius 3 is 2.45 bits per heavy atom. The summed E-state index contributed by atoms with van der Waals surface area (Å²) in [6.45, 7) is 0. The van der Waals surface area contributed by atoms with Crippen molar-refractivity contribution in [2.45, 2.75) is 17.9 Å². The third-order valence-corrected chi connectivity index (χ3v) is 4.09. The number of hydrogen-bond acceptors (Lipinski definition) is 4. The van der Waals surface area contributed by atoms with Gasteiger partial charge < -0.3 is 0 Å². The van der Waals surface area contributed by atoms with Crippen molar-refractivity contribution in [3.05, 3.63) is 59.8 Å². The lowest BCUT2D eigenvalue weighted by Gasteiger charge is -2.07. The predicted molar refractivity (Wildman–Crippen MR) is 74.2 cm³/mol. The summed E-state index contributed by atoms with van der Waals surface area (Å²) in [4.78, 5) is 15.1. The fraction of sp³-hybridized carbons (Fsp3) is 0.143. The lowest BCUT2D eigenvalue weighted by molar-refractivity contribution is -0.119. The average molecular weight is 326 g/mol. The van der Waals surface area contributed by atoms with Crippen LogP contribution in [0.5, 0.6) is 0 Å². The summed E-state index contributed by atoms with van der Waals surface area (Å²) < 4.78 is 51.6. The van der Waals surface area contributed by atoms with E-state index in [0.717, 1.165) is 12.3 Å². The molecule has 0 aliphatic carbocycles. The van der Waals surface area contributed by atoms with E-state index in [9.17, 15) is 22.0 Å². The molecule has 8 heteroatoms. The SMILES string of the molecule is O=C(CCc1ccc(F)cc1)NS(=O)(=O)c1ncccc1F. The minimum absolute atomic E-state index is 0.140. The van der Waals surface area contributed by atoms with Crippen molar-refractivity contribution < 1.29 is 22.0 Å². The maximum Gasteiger partial charge on any atom is 0.284 e. The van der Waals surface area contributed by atoms with Crippen LogP contribution in [-0.2, 0) is 21.2 Å². The Labute approximate surface area is 126 Å². The first-order chi connectivity index (χ1) is 10.4. The summed E-state index contributed by atoms with van der Waals surface area (Å²) in [6, 6.07) is 7.65. The number of carbonyl (C=O) groups is 1. The van der Waals surface area contributed by atoms with Crippen molar-refractivity contribution in [2.75, 3.05) is 0 Å². The Balaban J connectivity index is 1.99. The van der Waals surface area contributed by atoms with Gasteiger partial charge in [0.05, 0.1) is 0 Å². The first-order valence-electron chi connectivity index (χ1n) is 6.29. The van der Waals surface area contributed by atoms with E-state index in [2.05, 4.69) is 4.98 Å². The molecule has 0 unspecified atom stereocenters. The Kier molecular flexibility index (Phi) is 4.81. The number of benzene rings is 1. The van der Waals surface area contributed by atoms with Gasteiger partial charge in [0.1, 0.15) is 5.82 Å². The molecule has 5 nitrogen and oxygen atoms in total. The number of nitrogens with one attached hydrogen (secondary N) is 1. The van der Waals surface area contributed by atoms with Gasteiger partial charge in [0.25, 0.3) is 10.0 Å². The lowest BCUT2D eigenvalue weighted by atomic mass is 10.1. The lowest BCUT2D eigenvalue weighted by Crippen LogP contribution is -2.32. The van der Waals surface area contributed by atoms with E-state index in [4.69, 9.17) is 0 Å². The minimum Gasteiger partial charge on any atom is -0.274 e. The second-order valence-electron chi connectivity index (χ2n) is 4.45. The van der Waals surface area contributed by atoms with Gasteiger partial charge in [-0.15, -0.1) is 0 Å². The van der Waals surface area contributed by atoms with Crippen LogP contribution >= 0.6 is 0 Å². The van der Waals surface area contributed by atoms with E-state index in [0.29, 0.717) is 5.56 Å². The van der Waals surface area contributed by atoms with E-state index >= 15 is 0 Å². The molecule has 0 fully saturated rings. The number of amides is 1. The molecule has 2 rings (SSSR count). The quantitative estimate of drug-likeness (QED) is 0.909. The van der Waals surface area contributed by atoms with Crippen molar-refractivity contribution in [1.29, 1.82) is 0 Å². The van der Waals surface area contributed by atoms with Crippen LogP contribution in [0.2, 0.25) is 0 Å². The number of pyridine rings is 1. The van der Waals surface area contributed by atoms with Gasteiger partial charge in [-0.05, 0) is 36.2 Å². The van der Waals surface area contributed by atoms with Crippen LogP contribution in [-0.4, -0.2) is 19.3 Å². The number of sulfonamides is 1. The number of aromatic nitrogens is 1. The van der Waals surface area contributed by atoms with Gasteiger partial charge in [0.2, 0.25) is 10.9 Å². The highest BCUT2D eigenvalue weighted by Crippen LogP contribution is 2.10. The Hall–Kier alpha value is -2.35. The Morgan fingerprint density at radius 2 is 1.82 bits per heavy atom. The zero-order valence-electron chi connectivity index (χ0n) is 11.3. The molecule has 0 aliphatic rings. The second kappa shape index (κ2) is 6.61. The molecule has 1 amide bonds. The summed E-state index contributed by atoms with van der Waals surface area (Å²) in [5.74, 6) is -2.24. The summed E-state index contributed by atoms with van der Waals surface area (Å²) in [5, 5.41) is -0.829. The molecule has 116 valence electrons. The van der Waals surface area contributed by atoms with Crippen molar-refractivity contribution in [3.63, 3.8) is 0 Å². The molecule has 0 bridgehead atoms. The molecule has 0 spiro atoms. The van der Waals surface area contributed by atoms with Crippen LogP contribution in [0.4, 0.5) is 8.78 Å². The molecule has 1 heterocycles. The van der Waals surface area contributed by atoms with Gasteiger partial charge >= 0.3 is 0 Å². The first-order valence-corrected chi connectivity index (χ1v) is 7.77. The molecule has 0 radical (unpaired) electrons. The van der Waals surface area contributed by atoms with Crippen molar-refractivity contribution in [2.24, 2.45) is 0 Å². The van der Waals surface area contributed by atoms with Gasteiger partial charge in [0.15, 0.2) is 5.82 Å². The highest BCUT2D eigenvalue weighted by Gasteiger charge is 2.22. The summed E-state index contributed by atoms with van der Waals surface area (Å²) in [7, 11) is -4.35. The Bertz CT molecular complexity index is 777. The van der Waals surface area contributed by atoms with Gasteiger partial charge in [-0.2, -0.15) is 8.42 Å². The van der Waals surface area contributed by atoms with Crippen molar-refractivity contribution in [3.8, 4) is 0 Å². The molecule has 22 heavy (non-hydrogen) atoms. The van der Waals surface area contributed by atoms with Crippen molar-refractivity contribution in [1.82, 2.24) is 9.71 Å². The van der Waals surface area contributed by atoms with Gasteiger partial charge in [-0.1, -0.05) is 12.1 Å². The third-order valence-electron chi connectivity index (χ3n) is 2.78. The molecule has 0 aliphatic heterocycles. The predicted octanol–water partition coefficient (Wildman–Crippen LogP) is 1.80. The summed E-state index contributed by atoms with van der Waals surface area (Å²) >= 11 is 0. The van der Waals surface area contributed by atoms with Crippen LogP contribution in [0.1, 0.15) is 12.0 Å². The van der Waals surface area contributed by atoms with Crippen LogP contribution in [0.25, 0.3) is 0 Å². The molecule has 1 aromatic heterocycles. The van der Waals surface area contributed by atoms with Crippen molar-refractivity contribution >= 4 is 15.9 Å². The number of hydrogen-bond donors (Lipinski definition) is 1. The minimum atomic E-state index is -4.35. The van der Waals surface area contributed by atoms with Crippen LogP contribution in [0.3, 0.4) is 0 Å². The fourth-order valence-electron chi connectivity index (χ4n) is 1.73. The fourth-order valence-corrected chi connectivity index (χ4v) is 2.75. The number of nitrogens with zero attached hydrogens (tertiary/aromatic N) is 1. The number of carbonyl (C=O) groups excluding carboxylic acids is 1. The van der Waals surface area contributed by atoms with Gasteiger partial charge in [0, 0.05) is 12.6 Å². The van der Waals surface area contributed by atoms with Gasteiger partial charge in [-0.3, -0.25) is 4.79 Å². The maximum atomic E-state index is 13.4. The van der Waals surface area contributed by atoms with E-state index in [1.165, 1.54) is 30.3 Å². The summed E-state index contributed by atoms with van der Waals surface area (Å²) in [6.07, 6.45) is 1.20. The van der Waals surface area contributed by atoms with E-state index in [-0.39, 0.29) is 12.8 Å².